The molecule has 0 aliphatic carbocycles. The fraction of sp³-hybridized carbons (Fsp3) is 0.143. The minimum Gasteiger partial charge on any atom is -0.497 e. The van der Waals surface area contributed by atoms with E-state index in [4.69, 9.17) is 9.15 Å². The van der Waals surface area contributed by atoms with E-state index in [1.54, 1.807) is 7.11 Å². The maximum atomic E-state index is 5.75. The Morgan fingerprint density at radius 3 is 2.33 bits per heavy atom. The Morgan fingerprint density at radius 1 is 1.10 bits per heavy atom. The van der Waals surface area contributed by atoms with Gasteiger partial charge in [-0.05, 0) is 62.2 Å². The predicted octanol–water partition coefficient (Wildman–Crippen LogP) is 4.28. The fourth-order valence-corrected chi connectivity index (χ4v) is 2.71. The maximum absolute atomic E-state index is 5.75. The van der Waals surface area contributed by atoms with E-state index in [0.29, 0.717) is 11.8 Å². The van der Waals surface area contributed by atoms with E-state index in [2.05, 4.69) is 42.1 Å². The molecule has 1 aromatic carbocycles. The zero-order chi connectivity index (χ0) is 15.0. The van der Waals surface area contributed by atoms with Gasteiger partial charge in [0, 0.05) is 12.6 Å². The van der Waals surface area contributed by atoms with Crippen LogP contribution in [0.3, 0.4) is 0 Å². The summed E-state index contributed by atoms with van der Waals surface area (Å²) in [5, 5.41) is 8.21. The lowest BCUT2D eigenvalue weighted by atomic mass is 10.2. The molecule has 0 bridgehead atoms. The van der Waals surface area contributed by atoms with Crippen molar-refractivity contribution in [3.8, 4) is 28.8 Å². The molecule has 0 saturated heterocycles. The highest BCUT2D eigenvalue weighted by Gasteiger charge is 2.16. The van der Waals surface area contributed by atoms with Gasteiger partial charge in [-0.1, -0.05) is 0 Å². The van der Waals surface area contributed by atoms with Crippen LogP contribution in [0.15, 0.2) is 43.8 Å². The van der Waals surface area contributed by atoms with Crippen LogP contribution in [0.1, 0.15) is 0 Å². The molecule has 0 aliphatic rings. The van der Waals surface area contributed by atoms with Gasteiger partial charge < -0.3 is 13.7 Å². The van der Waals surface area contributed by atoms with Gasteiger partial charge in [-0.15, -0.1) is 10.2 Å². The summed E-state index contributed by atoms with van der Waals surface area (Å²) in [5.41, 5.74) is 1.68. The van der Waals surface area contributed by atoms with Crippen LogP contribution in [0, 0.1) is 0 Å². The van der Waals surface area contributed by atoms with Crippen LogP contribution >= 0.6 is 31.9 Å². The van der Waals surface area contributed by atoms with Gasteiger partial charge in [-0.2, -0.15) is 0 Å². The van der Waals surface area contributed by atoms with Crippen LogP contribution in [-0.2, 0) is 7.05 Å². The molecule has 3 rings (SSSR count). The molecule has 0 fully saturated rings. The van der Waals surface area contributed by atoms with Gasteiger partial charge in [-0.3, -0.25) is 0 Å². The molecule has 0 N–H and O–H groups in total. The molecule has 2 heterocycles. The third-order valence-corrected chi connectivity index (χ3v) is 5.19. The van der Waals surface area contributed by atoms with Crippen LogP contribution < -0.4 is 4.74 Å². The maximum Gasteiger partial charge on any atom is 0.264 e. The van der Waals surface area contributed by atoms with Gasteiger partial charge in [0.1, 0.15) is 11.4 Å². The van der Waals surface area contributed by atoms with Crippen molar-refractivity contribution < 1.29 is 9.15 Å². The Balaban J connectivity index is 1.97. The second kappa shape index (κ2) is 5.65. The van der Waals surface area contributed by atoms with Crippen molar-refractivity contribution >= 4 is 31.9 Å². The van der Waals surface area contributed by atoms with E-state index in [9.17, 15) is 0 Å². The van der Waals surface area contributed by atoms with Crippen LogP contribution in [0.5, 0.6) is 5.75 Å². The van der Waals surface area contributed by atoms with E-state index in [-0.39, 0.29) is 0 Å². The molecule has 0 unspecified atom stereocenters. The molecule has 0 saturated carbocycles. The summed E-state index contributed by atoms with van der Waals surface area (Å²) in [6, 6.07) is 9.40. The van der Waals surface area contributed by atoms with Crippen LogP contribution in [0.4, 0.5) is 0 Å². The van der Waals surface area contributed by atoms with E-state index in [1.807, 2.05) is 41.9 Å². The Bertz CT molecular complexity index is 778. The number of methoxy groups -OCH3 is 1. The highest BCUT2D eigenvalue weighted by Crippen LogP contribution is 2.32. The summed E-state index contributed by atoms with van der Waals surface area (Å²) in [4.78, 5) is 0. The number of halogens is 2. The van der Waals surface area contributed by atoms with E-state index < -0.39 is 0 Å². The third-order valence-electron chi connectivity index (χ3n) is 3.10. The average Bonchev–Trinajstić information content (AvgIpc) is 3.08. The van der Waals surface area contributed by atoms with E-state index in [1.165, 1.54) is 0 Å². The lowest BCUT2D eigenvalue weighted by Crippen LogP contribution is -1.91. The SMILES string of the molecule is COc1ccc(-c2nnc(-c3cc(Br)c(Br)n3C)o2)cc1. The molecule has 0 atom stereocenters. The minimum atomic E-state index is 0.467. The predicted molar refractivity (Wildman–Crippen MR) is 86.1 cm³/mol. The number of hydrogen-bond donors (Lipinski definition) is 0. The minimum absolute atomic E-state index is 0.467. The average molecular weight is 413 g/mol. The normalized spacial score (nSPS) is 10.9. The quantitative estimate of drug-likeness (QED) is 0.644. The Labute approximate surface area is 138 Å². The molecule has 3 aromatic rings. The van der Waals surface area contributed by atoms with Crippen molar-refractivity contribution in [3.05, 3.63) is 39.4 Å². The van der Waals surface area contributed by atoms with Crippen LogP contribution in [-0.4, -0.2) is 21.9 Å². The van der Waals surface area contributed by atoms with Gasteiger partial charge in [0.25, 0.3) is 5.89 Å². The van der Waals surface area contributed by atoms with Crippen molar-refractivity contribution in [3.63, 3.8) is 0 Å². The molecule has 2 aromatic heterocycles. The first kappa shape index (κ1) is 14.3. The molecule has 0 amide bonds. The first-order chi connectivity index (χ1) is 10.1. The largest absolute Gasteiger partial charge is 0.497 e. The highest BCUT2D eigenvalue weighted by atomic mass is 79.9. The number of nitrogens with zero attached hydrogens (tertiary/aromatic N) is 3. The fourth-order valence-electron chi connectivity index (χ4n) is 1.92. The van der Waals surface area contributed by atoms with E-state index >= 15 is 0 Å². The molecule has 0 radical (unpaired) electrons. The zero-order valence-corrected chi connectivity index (χ0v) is 14.5. The van der Waals surface area contributed by atoms with Crippen molar-refractivity contribution in [1.82, 2.24) is 14.8 Å². The molecule has 108 valence electrons. The summed E-state index contributed by atoms with van der Waals surface area (Å²) in [6.45, 7) is 0. The van der Waals surface area contributed by atoms with Crippen molar-refractivity contribution in [2.24, 2.45) is 7.05 Å². The van der Waals surface area contributed by atoms with Gasteiger partial charge in [0.2, 0.25) is 5.89 Å². The smallest absolute Gasteiger partial charge is 0.264 e. The van der Waals surface area contributed by atoms with Gasteiger partial charge >= 0.3 is 0 Å². The van der Waals surface area contributed by atoms with Crippen LogP contribution in [0.25, 0.3) is 23.0 Å². The second-order valence-corrected chi connectivity index (χ2v) is 5.97. The number of aromatic nitrogens is 3. The van der Waals surface area contributed by atoms with Crippen molar-refractivity contribution in [2.45, 2.75) is 0 Å². The third kappa shape index (κ3) is 2.63. The van der Waals surface area contributed by atoms with Crippen molar-refractivity contribution in [1.29, 1.82) is 0 Å². The molecular formula is C14H11Br2N3O2. The number of rotatable bonds is 3. The summed E-state index contributed by atoms with van der Waals surface area (Å²) >= 11 is 6.94. The summed E-state index contributed by atoms with van der Waals surface area (Å²) < 4.78 is 14.7. The lowest BCUT2D eigenvalue weighted by Gasteiger charge is -2.00. The number of ether oxygens (including phenoxy) is 1. The van der Waals surface area contributed by atoms with Crippen molar-refractivity contribution in [2.75, 3.05) is 7.11 Å². The monoisotopic (exact) mass is 411 g/mol. The second-order valence-electron chi connectivity index (χ2n) is 4.37. The molecule has 21 heavy (non-hydrogen) atoms. The standard InChI is InChI=1S/C14H11Br2N3O2/c1-19-11(7-10(15)12(19)16)14-18-17-13(21-14)8-3-5-9(20-2)6-4-8/h3-7H,1-2H3. The highest BCUT2D eigenvalue weighted by molar-refractivity contribution is 9.13. The van der Waals surface area contributed by atoms with Crippen LogP contribution in [0.2, 0.25) is 0 Å². The summed E-state index contributed by atoms with van der Waals surface area (Å²) in [5.74, 6) is 1.73. The first-order valence-corrected chi connectivity index (χ1v) is 7.67. The molecule has 5 nitrogen and oxygen atoms in total. The Hall–Kier alpha value is -1.60. The summed E-state index contributed by atoms with van der Waals surface area (Å²) in [7, 11) is 3.55. The molecule has 0 spiro atoms. The molecule has 7 heteroatoms. The van der Waals surface area contributed by atoms with Gasteiger partial charge in [0.15, 0.2) is 0 Å². The topological polar surface area (TPSA) is 53.1 Å². The van der Waals surface area contributed by atoms with Gasteiger partial charge in [0.05, 0.1) is 16.2 Å². The molecule has 0 aliphatic heterocycles. The number of hydrogen-bond acceptors (Lipinski definition) is 4. The van der Waals surface area contributed by atoms with Gasteiger partial charge in [-0.25, -0.2) is 0 Å². The van der Waals surface area contributed by atoms with E-state index in [0.717, 1.165) is 26.1 Å². The molecular weight excluding hydrogens is 402 g/mol. The lowest BCUT2D eigenvalue weighted by molar-refractivity contribution is 0.415. The first-order valence-electron chi connectivity index (χ1n) is 6.09. The zero-order valence-electron chi connectivity index (χ0n) is 11.3. The Kier molecular flexibility index (Phi) is 3.86. The Morgan fingerprint density at radius 2 is 1.76 bits per heavy atom. The number of benzene rings is 1. The summed E-state index contributed by atoms with van der Waals surface area (Å²) in [6.07, 6.45) is 0.